The molecule has 0 heterocycles. The maximum Gasteiger partial charge on any atom is 0.335 e. The van der Waals surface area contributed by atoms with Crippen LogP contribution in [-0.4, -0.2) is 22.1 Å². The van der Waals surface area contributed by atoms with Crippen LogP contribution in [0.25, 0.3) is 0 Å². The Morgan fingerprint density at radius 1 is 1.14 bits per heavy atom. The molecule has 0 saturated carbocycles. The average Bonchev–Trinajstić information content (AvgIpc) is 2.40. The van der Waals surface area contributed by atoms with Crippen LogP contribution in [0.2, 0.25) is 0 Å². The zero-order valence-electron chi connectivity index (χ0n) is 10.4. The predicted molar refractivity (Wildman–Crippen MR) is 89.9 cm³/mol. The minimum absolute atomic E-state index is 0.0477. The molecule has 2 rings (SSSR count). The lowest BCUT2D eigenvalue weighted by Gasteiger charge is -2.09. The lowest BCUT2D eigenvalue weighted by atomic mass is 10.1. The summed E-state index contributed by atoms with van der Waals surface area (Å²) in [6, 6.07) is 9.00. The molecule has 0 bridgehead atoms. The van der Waals surface area contributed by atoms with Crippen LogP contribution in [0, 0.1) is 3.57 Å². The maximum absolute atomic E-state index is 12.1. The normalized spacial score (nSPS) is 10.2. The van der Waals surface area contributed by atoms with Crippen molar-refractivity contribution in [2.75, 3.05) is 5.32 Å². The average molecular weight is 462 g/mol. The molecule has 1 amide bonds. The van der Waals surface area contributed by atoms with Crippen molar-refractivity contribution in [2.24, 2.45) is 0 Å². The minimum Gasteiger partial charge on any atom is -0.507 e. The molecule has 0 aliphatic carbocycles. The number of aromatic carboxylic acids is 1. The number of carboxylic acids is 1. The number of aromatic hydroxyl groups is 1. The summed E-state index contributed by atoms with van der Waals surface area (Å²) in [5, 5.41) is 21.3. The molecule has 0 spiro atoms. The number of carbonyl (C=O) groups excluding carboxylic acids is 1. The molecule has 5 nitrogen and oxygen atoms in total. The molecule has 2 aromatic rings. The van der Waals surface area contributed by atoms with Crippen molar-refractivity contribution in [3.8, 4) is 5.75 Å². The van der Waals surface area contributed by atoms with Crippen molar-refractivity contribution in [3.63, 3.8) is 0 Å². The fraction of sp³-hybridized carbons (Fsp3) is 0. The van der Waals surface area contributed by atoms with E-state index < -0.39 is 11.9 Å². The molecule has 0 saturated heterocycles. The van der Waals surface area contributed by atoms with Gasteiger partial charge in [0, 0.05) is 13.7 Å². The van der Waals surface area contributed by atoms with E-state index >= 15 is 0 Å². The van der Waals surface area contributed by atoms with Gasteiger partial charge < -0.3 is 15.5 Å². The summed E-state index contributed by atoms with van der Waals surface area (Å²) in [6.07, 6.45) is 0. The van der Waals surface area contributed by atoms with Gasteiger partial charge in [-0.05, 0) is 59.0 Å². The van der Waals surface area contributed by atoms with E-state index in [-0.39, 0.29) is 16.9 Å². The highest BCUT2D eigenvalue weighted by Crippen LogP contribution is 2.23. The number of carboxylic acid groups (broad SMARTS) is 1. The van der Waals surface area contributed by atoms with E-state index in [9.17, 15) is 14.7 Å². The van der Waals surface area contributed by atoms with Gasteiger partial charge in [-0.2, -0.15) is 0 Å². The highest BCUT2D eigenvalue weighted by molar-refractivity contribution is 14.1. The molecule has 21 heavy (non-hydrogen) atoms. The quantitative estimate of drug-likeness (QED) is 0.608. The second-order valence-electron chi connectivity index (χ2n) is 4.15. The van der Waals surface area contributed by atoms with Crippen molar-refractivity contribution in [2.45, 2.75) is 0 Å². The van der Waals surface area contributed by atoms with Crippen molar-refractivity contribution < 1.29 is 19.8 Å². The smallest absolute Gasteiger partial charge is 0.335 e. The summed E-state index contributed by atoms with van der Waals surface area (Å²) >= 11 is 5.22. The first-order valence-electron chi connectivity index (χ1n) is 5.70. The second-order valence-corrected chi connectivity index (χ2v) is 6.31. The first kappa shape index (κ1) is 15.8. The molecule has 0 radical (unpaired) electrons. The Morgan fingerprint density at radius 2 is 1.86 bits per heavy atom. The zero-order valence-corrected chi connectivity index (χ0v) is 14.2. The summed E-state index contributed by atoms with van der Waals surface area (Å²) in [5.41, 5.74) is 0.496. The lowest BCUT2D eigenvalue weighted by Crippen LogP contribution is -2.13. The van der Waals surface area contributed by atoms with Gasteiger partial charge in [0.25, 0.3) is 5.91 Å². The first-order valence-corrected chi connectivity index (χ1v) is 7.58. The van der Waals surface area contributed by atoms with E-state index in [1.165, 1.54) is 18.2 Å². The number of phenols is 1. The Kier molecular flexibility index (Phi) is 4.84. The van der Waals surface area contributed by atoms with Crippen LogP contribution in [0.3, 0.4) is 0 Å². The third kappa shape index (κ3) is 3.94. The first-order chi connectivity index (χ1) is 9.86. The summed E-state index contributed by atoms with van der Waals surface area (Å²) < 4.78 is 1.33. The molecular weight excluding hydrogens is 453 g/mol. The highest BCUT2D eigenvalue weighted by Gasteiger charge is 2.13. The largest absolute Gasteiger partial charge is 0.507 e. The zero-order chi connectivity index (χ0) is 15.6. The molecule has 2 aromatic carbocycles. The van der Waals surface area contributed by atoms with E-state index in [4.69, 9.17) is 5.11 Å². The van der Waals surface area contributed by atoms with Gasteiger partial charge in [-0.3, -0.25) is 4.79 Å². The molecule has 0 aliphatic rings. The number of carbonyl (C=O) groups is 2. The van der Waals surface area contributed by atoms with Crippen LogP contribution in [0.15, 0.2) is 40.9 Å². The van der Waals surface area contributed by atoms with Gasteiger partial charge in [0.05, 0.1) is 11.1 Å². The predicted octanol–water partition coefficient (Wildman–Crippen LogP) is 3.71. The molecule has 0 aliphatic heterocycles. The Morgan fingerprint density at radius 3 is 2.52 bits per heavy atom. The van der Waals surface area contributed by atoms with Crippen molar-refractivity contribution >= 4 is 56.1 Å². The highest BCUT2D eigenvalue weighted by atomic mass is 127. The number of phenolic OH excluding ortho intramolecular Hbond substituents is 1. The van der Waals surface area contributed by atoms with Crippen LogP contribution in [-0.2, 0) is 0 Å². The monoisotopic (exact) mass is 461 g/mol. The van der Waals surface area contributed by atoms with Crippen molar-refractivity contribution in [1.29, 1.82) is 0 Å². The lowest BCUT2D eigenvalue weighted by molar-refractivity contribution is 0.0696. The number of hydrogen-bond acceptors (Lipinski definition) is 3. The standard InChI is InChI=1S/C14H9BrINO4/c15-8-3-7(14(20)21)4-10(5-8)17-13(19)11-6-9(16)1-2-12(11)18/h1-6,18H,(H,17,19)(H,20,21). The van der Waals surface area contributed by atoms with Crippen molar-refractivity contribution in [3.05, 3.63) is 55.6 Å². The van der Waals surface area contributed by atoms with E-state index in [0.29, 0.717) is 10.2 Å². The second kappa shape index (κ2) is 6.44. The van der Waals surface area contributed by atoms with Crippen molar-refractivity contribution in [1.82, 2.24) is 0 Å². The summed E-state index contributed by atoms with van der Waals surface area (Å²) in [5.74, 6) is -1.74. The summed E-state index contributed by atoms with van der Waals surface area (Å²) in [7, 11) is 0. The molecule has 0 aromatic heterocycles. The SMILES string of the molecule is O=C(O)c1cc(Br)cc(NC(=O)c2cc(I)ccc2O)c1. The molecule has 0 fully saturated rings. The van der Waals surface area contributed by atoms with Crippen LogP contribution in [0.5, 0.6) is 5.75 Å². The van der Waals surface area contributed by atoms with Crippen LogP contribution < -0.4 is 5.32 Å². The van der Waals surface area contributed by atoms with E-state index in [2.05, 4.69) is 21.2 Å². The van der Waals surface area contributed by atoms with E-state index in [1.807, 2.05) is 22.6 Å². The fourth-order valence-electron chi connectivity index (χ4n) is 1.67. The molecule has 3 N–H and O–H groups in total. The number of benzene rings is 2. The fourth-order valence-corrected chi connectivity index (χ4v) is 2.66. The number of amides is 1. The number of hydrogen-bond donors (Lipinski definition) is 3. The Balaban J connectivity index is 2.31. The van der Waals surface area contributed by atoms with Gasteiger partial charge in [0.1, 0.15) is 5.75 Å². The maximum atomic E-state index is 12.1. The third-order valence-electron chi connectivity index (χ3n) is 2.61. The number of anilines is 1. The summed E-state index contributed by atoms with van der Waals surface area (Å²) in [6.45, 7) is 0. The number of halogens is 2. The van der Waals surface area contributed by atoms with Gasteiger partial charge in [-0.25, -0.2) is 4.79 Å². The van der Waals surface area contributed by atoms with Crippen LogP contribution in [0.4, 0.5) is 5.69 Å². The van der Waals surface area contributed by atoms with E-state index in [0.717, 1.165) is 3.57 Å². The molecular formula is C14H9BrINO4. The molecule has 0 unspecified atom stereocenters. The van der Waals surface area contributed by atoms with E-state index in [1.54, 1.807) is 18.2 Å². The molecule has 108 valence electrons. The van der Waals surface area contributed by atoms with Gasteiger partial charge in [0.2, 0.25) is 0 Å². The number of nitrogens with one attached hydrogen (secondary N) is 1. The summed E-state index contributed by atoms with van der Waals surface area (Å²) in [4.78, 5) is 23.1. The molecule has 0 atom stereocenters. The van der Waals surface area contributed by atoms with Crippen LogP contribution in [0.1, 0.15) is 20.7 Å². The minimum atomic E-state index is -1.09. The Hall–Kier alpha value is -1.61. The van der Waals surface area contributed by atoms with Gasteiger partial charge in [0.15, 0.2) is 0 Å². The van der Waals surface area contributed by atoms with Gasteiger partial charge >= 0.3 is 5.97 Å². The van der Waals surface area contributed by atoms with Gasteiger partial charge in [-0.15, -0.1) is 0 Å². The Labute approximate surface area is 142 Å². The molecule has 7 heteroatoms. The van der Waals surface area contributed by atoms with Gasteiger partial charge in [-0.1, -0.05) is 15.9 Å². The topological polar surface area (TPSA) is 86.6 Å². The third-order valence-corrected chi connectivity index (χ3v) is 3.73. The van der Waals surface area contributed by atoms with Crippen LogP contribution >= 0.6 is 38.5 Å². The Bertz CT molecular complexity index is 733. The number of rotatable bonds is 3.